The summed E-state index contributed by atoms with van der Waals surface area (Å²) in [6, 6.07) is 3.96. The molecule has 3 nitrogen and oxygen atoms in total. The Hall–Kier alpha value is -1.09. The van der Waals surface area contributed by atoms with Gasteiger partial charge in [-0.25, -0.2) is 4.98 Å². The molecule has 0 aliphatic heterocycles. The molecule has 0 spiro atoms. The second-order valence-electron chi connectivity index (χ2n) is 4.47. The minimum absolute atomic E-state index is 0.678. The summed E-state index contributed by atoms with van der Waals surface area (Å²) in [5.74, 6) is 1.72. The molecule has 1 aliphatic rings. The highest BCUT2D eigenvalue weighted by molar-refractivity contribution is 5.17. The average Bonchev–Trinajstić information content (AvgIpc) is 3.13. The Morgan fingerprint density at radius 1 is 1.44 bits per heavy atom. The Labute approximate surface area is 97.2 Å². The van der Waals surface area contributed by atoms with E-state index in [1.807, 2.05) is 12.3 Å². The van der Waals surface area contributed by atoms with E-state index in [9.17, 15) is 0 Å². The molecule has 1 N–H and O–H groups in total. The topological polar surface area (TPSA) is 34.1 Å². The van der Waals surface area contributed by atoms with Gasteiger partial charge in [0, 0.05) is 18.8 Å². The highest BCUT2D eigenvalue weighted by Crippen LogP contribution is 2.33. The molecule has 0 amide bonds. The van der Waals surface area contributed by atoms with E-state index in [0.717, 1.165) is 19.0 Å². The van der Waals surface area contributed by atoms with Crippen LogP contribution in [-0.2, 0) is 6.54 Å². The van der Waals surface area contributed by atoms with E-state index in [1.54, 1.807) is 7.11 Å². The number of aromatic nitrogens is 1. The van der Waals surface area contributed by atoms with Gasteiger partial charge in [0.15, 0.2) is 0 Å². The maximum atomic E-state index is 5.01. The molecule has 2 rings (SSSR count). The third-order valence-corrected chi connectivity index (χ3v) is 3.00. The van der Waals surface area contributed by atoms with Crippen LogP contribution in [0.3, 0.4) is 0 Å². The number of methoxy groups -OCH3 is 1. The van der Waals surface area contributed by atoms with Crippen molar-refractivity contribution >= 4 is 0 Å². The summed E-state index contributed by atoms with van der Waals surface area (Å²) in [5, 5.41) is 3.44. The molecule has 1 fully saturated rings. The molecule has 3 heteroatoms. The summed E-state index contributed by atoms with van der Waals surface area (Å²) in [5.41, 5.74) is 1.22. The number of hydrogen-bond acceptors (Lipinski definition) is 3. The first kappa shape index (κ1) is 11.4. The van der Waals surface area contributed by atoms with Crippen LogP contribution in [0.2, 0.25) is 0 Å². The Kier molecular flexibility index (Phi) is 4.17. The molecule has 0 radical (unpaired) electrons. The lowest BCUT2D eigenvalue weighted by molar-refractivity contribution is 0.397. The van der Waals surface area contributed by atoms with Crippen LogP contribution in [0, 0.1) is 5.92 Å². The van der Waals surface area contributed by atoms with Crippen molar-refractivity contribution in [2.24, 2.45) is 5.92 Å². The number of nitrogens with zero attached hydrogens (tertiary/aromatic N) is 1. The maximum Gasteiger partial charge on any atom is 0.212 e. The van der Waals surface area contributed by atoms with Gasteiger partial charge in [0.25, 0.3) is 0 Å². The smallest absolute Gasteiger partial charge is 0.212 e. The van der Waals surface area contributed by atoms with Crippen LogP contribution >= 0.6 is 0 Å². The van der Waals surface area contributed by atoms with Crippen molar-refractivity contribution in [1.82, 2.24) is 10.3 Å². The van der Waals surface area contributed by atoms with Crippen LogP contribution in [0.5, 0.6) is 5.88 Å². The maximum absolute atomic E-state index is 5.01. The number of nitrogens with one attached hydrogen (secondary N) is 1. The zero-order chi connectivity index (χ0) is 11.2. The Morgan fingerprint density at radius 3 is 2.94 bits per heavy atom. The molecule has 0 saturated heterocycles. The van der Waals surface area contributed by atoms with Crippen LogP contribution in [0.4, 0.5) is 0 Å². The zero-order valence-electron chi connectivity index (χ0n) is 9.91. The van der Waals surface area contributed by atoms with Crippen LogP contribution in [0.1, 0.15) is 31.2 Å². The molecular weight excluding hydrogens is 200 g/mol. The molecule has 1 aromatic rings. The molecule has 1 saturated carbocycles. The predicted octanol–water partition coefficient (Wildman–Crippen LogP) is 2.37. The molecule has 1 aromatic heterocycles. The largest absolute Gasteiger partial charge is 0.481 e. The standard InChI is InChI=1S/C13H20N2O/c1-16-13-7-6-12(10-15-13)9-14-8-2-3-11-4-5-11/h6-7,10-11,14H,2-5,8-9H2,1H3. The fourth-order valence-electron chi connectivity index (χ4n) is 1.79. The van der Waals surface area contributed by atoms with Crippen molar-refractivity contribution in [3.8, 4) is 5.88 Å². The van der Waals surface area contributed by atoms with Crippen LogP contribution in [0.25, 0.3) is 0 Å². The minimum Gasteiger partial charge on any atom is -0.481 e. The summed E-state index contributed by atoms with van der Waals surface area (Å²) in [6.07, 6.45) is 7.49. The summed E-state index contributed by atoms with van der Waals surface area (Å²) in [6.45, 7) is 2.02. The predicted molar refractivity (Wildman–Crippen MR) is 64.5 cm³/mol. The van der Waals surface area contributed by atoms with E-state index in [2.05, 4.69) is 16.4 Å². The quantitative estimate of drug-likeness (QED) is 0.716. The first-order chi connectivity index (χ1) is 7.88. The average molecular weight is 220 g/mol. The first-order valence-corrected chi connectivity index (χ1v) is 6.08. The van der Waals surface area contributed by atoms with Crippen molar-refractivity contribution in [3.63, 3.8) is 0 Å². The van der Waals surface area contributed by atoms with Crippen molar-refractivity contribution in [2.45, 2.75) is 32.2 Å². The van der Waals surface area contributed by atoms with Gasteiger partial charge in [-0.15, -0.1) is 0 Å². The van der Waals surface area contributed by atoms with Gasteiger partial charge in [0.1, 0.15) is 0 Å². The normalized spacial score (nSPS) is 15.1. The van der Waals surface area contributed by atoms with E-state index in [1.165, 1.54) is 31.2 Å². The fourth-order valence-corrected chi connectivity index (χ4v) is 1.79. The van der Waals surface area contributed by atoms with Gasteiger partial charge < -0.3 is 10.1 Å². The van der Waals surface area contributed by atoms with Gasteiger partial charge in [-0.2, -0.15) is 0 Å². The molecule has 0 bridgehead atoms. The van der Waals surface area contributed by atoms with Crippen molar-refractivity contribution in [2.75, 3.05) is 13.7 Å². The Bertz CT molecular complexity index is 306. The molecule has 1 heterocycles. The third-order valence-electron chi connectivity index (χ3n) is 3.00. The molecule has 88 valence electrons. The summed E-state index contributed by atoms with van der Waals surface area (Å²) >= 11 is 0. The van der Waals surface area contributed by atoms with E-state index >= 15 is 0 Å². The Morgan fingerprint density at radius 2 is 2.31 bits per heavy atom. The molecule has 16 heavy (non-hydrogen) atoms. The number of ether oxygens (including phenoxy) is 1. The Balaban J connectivity index is 1.60. The van der Waals surface area contributed by atoms with E-state index in [0.29, 0.717) is 5.88 Å². The van der Waals surface area contributed by atoms with Gasteiger partial charge in [-0.1, -0.05) is 18.9 Å². The summed E-state index contributed by atoms with van der Waals surface area (Å²) < 4.78 is 5.01. The molecule has 1 aliphatic carbocycles. The van der Waals surface area contributed by atoms with Gasteiger partial charge in [0.2, 0.25) is 5.88 Å². The van der Waals surface area contributed by atoms with Crippen molar-refractivity contribution in [1.29, 1.82) is 0 Å². The lowest BCUT2D eigenvalue weighted by atomic mass is 10.2. The first-order valence-electron chi connectivity index (χ1n) is 6.08. The van der Waals surface area contributed by atoms with Gasteiger partial charge in [-0.3, -0.25) is 0 Å². The second-order valence-corrected chi connectivity index (χ2v) is 4.47. The van der Waals surface area contributed by atoms with Gasteiger partial charge in [0.05, 0.1) is 7.11 Å². The lowest BCUT2D eigenvalue weighted by Gasteiger charge is -2.05. The van der Waals surface area contributed by atoms with E-state index < -0.39 is 0 Å². The fraction of sp³-hybridized carbons (Fsp3) is 0.615. The van der Waals surface area contributed by atoms with Gasteiger partial charge in [-0.05, 0) is 30.9 Å². The van der Waals surface area contributed by atoms with Gasteiger partial charge >= 0.3 is 0 Å². The highest BCUT2D eigenvalue weighted by Gasteiger charge is 2.19. The third kappa shape index (κ3) is 3.81. The summed E-state index contributed by atoms with van der Waals surface area (Å²) in [4.78, 5) is 4.17. The molecule has 0 atom stereocenters. The molecular formula is C13H20N2O. The number of rotatable bonds is 7. The van der Waals surface area contributed by atoms with E-state index in [4.69, 9.17) is 4.74 Å². The van der Waals surface area contributed by atoms with Crippen molar-refractivity contribution in [3.05, 3.63) is 23.9 Å². The van der Waals surface area contributed by atoms with E-state index in [-0.39, 0.29) is 0 Å². The second kappa shape index (κ2) is 5.85. The SMILES string of the molecule is COc1ccc(CNCCCC2CC2)cn1. The molecule has 0 unspecified atom stereocenters. The number of hydrogen-bond donors (Lipinski definition) is 1. The zero-order valence-corrected chi connectivity index (χ0v) is 9.91. The lowest BCUT2D eigenvalue weighted by Crippen LogP contribution is -2.14. The minimum atomic E-state index is 0.678. The van der Waals surface area contributed by atoms with Crippen LogP contribution in [-0.4, -0.2) is 18.6 Å². The number of pyridine rings is 1. The van der Waals surface area contributed by atoms with Crippen LogP contribution in [0.15, 0.2) is 18.3 Å². The monoisotopic (exact) mass is 220 g/mol. The van der Waals surface area contributed by atoms with Crippen LogP contribution < -0.4 is 10.1 Å². The molecule has 0 aromatic carbocycles. The van der Waals surface area contributed by atoms with Crippen molar-refractivity contribution < 1.29 is 4.74 Å². The highest BCUT2D eigenvalue weighted by atomic mass is 16.5. The summed E-state index contributed by atoms with van der Waals surface area (Å²) in [7, 11) is 1.64.